The van der Waals surface area contributed by atoms with E-state index in [9.17, 15) is 43.9 Å². The molecule has 4 nitrogen and oxygen atoms in total. The zero-order valence-corrected chi connectivity index (χ0v) is 15.5. The maximum atomic E-state index is 13.1. The van der Waals surface area contributed by atoms with Crippen LogP contribution in [0.5, 0.6) is 11.5 Å². The van der Waals surface area contributed by atoms with E-state index in [-0.39, 0.29) is 20.6 Å². The van der Waals surface area contributed by atoms with E-state index in [1.807, 2.05) is 0 Å². The highest BCUT2D eigenvalue weighted by Gasteiger charge is 2.73. The van der Waals surface area contributed by atoms with E-state index < -0.39 is 30.9 Å². The summed E-state index contributed by atoms with van der Waals surface area (Å²) in [5.74, 6) is -7.04. The average Bonchev–Trinajstić information content (AvgIpc) is 2.50. The fourth-order valence-corrected chi connectivity index (χ4v) is 2.33. The monoisotopic (exact) mass is 542 g/mol. The topological polar surface area (TPSA) is 42.8 Å². The summed E-state index contributed by atoms with van der Waals surface area (Å²) in [6, 6.07) is -3.77. The van der Waals surface area contributed by atoms with Gasteiger partial charge in [0, 0.05) is 0 Å². The first-order valence-corrected chi connectivity index (χ1v) is 7.79. The number of halogens is 11. The van der Waals surface area contributed by atoms with Gasteiger partial charge in [-0.25, -0.2) is 5.43 Å². The lowest BCUT2D eigenvalue weighted by Crippen LogP contribution is -2.58. The summed E-state index contributed by atoms with van der Waals surface area (Å²) in [6.07, 6.45) is -10.7. The molecule has 160 valence electrons. The van der Waals surface area contributed by atoms with Crippen LogP contribution in [0.2, 0.25) is 0 Å². The van der Waals surface area contributed by atoms with Crippen molar-refractivity contribution in [2.75, 3.05) is 13.7 Å². The summed E-state index contributed by atoms with van der Waals surface area (Å²) >= 11 is 1.51. The number of benzene rings is 1. The second-order valence-corrected chi connectivity index (χ2v) is 6.12. The second kappa shape index (κ2) is 8.36. The van der Waals surface area contributed by atoms with E-state index in [4.69, 9.17) is 4.74 Å². The molecule has 15 heteroatoms. The molecule has 1 aromatic carbocycles. The van der Waals surface area contributed by atoms with Crippen molar-refractivity contribution in [1.82, 2.24) is 5.43 Å². The van der Waals surface area contributed by atoms with Crippen LogP contribution in [0.1, 0.15) is 5.56 Å². The zero-order chi connectivity index (χ0) is 22.0. The van der Waals surface area contributed by atoms with Gasteiger partial charge in [-0.05, 0) is 40.3 Å². The van der Waals surface area contributed by atoms with Gasteiger partial charge in [-0.15, -0.1) is 0 Å². The molecule has 0 saturated carbocycles. The van der Waals surface area contributed by atoms with E-state index in [0.717, 1.165) is 19.2 Å². The first kappa shape index (κ1) is 24.4. The molecule has 0 bridgehead atoms. The average molecular weight is 542 g/mol. The Morgan fingerprint density at radius 1 is 1.04 bits per heavy atom. The molecule has 0 fully saturated rings. The van der Waals surface area contributed by atoms with Gasteiger partial charge >= 0.3 is 24.3 Å². The molecule has 0 amide bonds. The molecule has 0 unspecified atom stereocenters. The fourth-order valence-electron chi connectivity index (χ4n) is 1.54. The minimum absolute atomic E-state index is 0.00460. The molecule has 0 aliphatic heterocycles. The number of ether oxygens (including phenoxy) is 2. The number of alkyl halides is 10. The van der Waals surface area contributed by atoms with Gasteiger partial charge in [0.05, 0.1) is 16.9 Å². The van der Waals surface area contributed by atoms with E-state index in [2.05, 4.69) is 9.84 Å². The van der Waals surface area contributed by atoms with E-state index in [1.165, 1.54) is 22.6 Å². The number of methoxy groups -OCH3 is 1. The van der Waals surface area contributed by atoms with Crippen molar-refractivity contribution in [3.05, 3.63) is 21.3 Å². The van der Waals surface area contributed by atoms with Gasteiger partial charge in [-0.1, -0.05) is 0 Å². The largest absolute Gasteiger partial charge is 0.493 e. The van der Waals surface area contributed by atoms with Crippen LogP contribution in [0.15, 0.2) is 17.2 Å². The van der Waals surface area contributed by atoms with Gasteiger partial charge in [-0.2, -0.15) is 49.0 Å². The first-order chi connectivity index (χ1) is 12.5. The van der Waals surface area contributed by atoms with Crippen LogP contribution in [0.25, 0.3) is 0 Å². The highest BCUT2D eigenvalue weighted by molar-refractivity contribution is 14.1. The Morgan fingerprint density at radius 3 is 2.07 bits per heavy atom. The van der Waals surface area contributed by atoms with Crippen molar-refractivity contribution in [1.29, 1.82) is 0 Å². The Kier molecular flexibility index (Phi) is 7.27. The predicted molar refractivity (Wildman–Crippen MR) is 83.9 cm³/mol. The molecular formula is C13H9F10IN2O2. The smallest absolute Gasteiger partial charge is 0.462 e. The Hall–Kier alpha value is -1.68. The van der Waals surface area contributed by atoms with Gasteiger partial charge < -0.3 is 9.47 Å². The molecule has 1 rings (SSSR count). The summed E-state index contributed by atoms with van der Waals surface area (Å²) in [5, 5.41) is 2.64. The van der Waals surface area contributed by atoms with Crippen LogP contribution in [-0.2, 0) is 0 Å². The lowest BCUT2D eigenvalue weighted by atomic mass is 10.2. The highest BCUT2D eigenvalue weighted by atomic mass is 127. The summed E-state index contributed by atoms with van der Waals surface area (Å²) in [5.41, 5.74) is 0.246. The van der Waals surface area contributed by atoms with Crippen LogP contribution in [0.3, 0.4) is 0 Å². The first-order valence-electron chi connectivity index (χ1n) is 6.71. The molecule has 28 heavy (non-hydrogen) atoms. The molecule has 0 radical (unpaired) electrons. The van der Waals surface area contributed by atoms with Crippen LogP contribution in [-0.4, -0.2) is 44.3 Å². The molecule has 0 heterocycles. The minimum atomic E-state index is -6.53. The van der Waals surface area contributed by atoms with Crippen molar-refractivity contribution >= 4 is 28.8 Å². The van der Waals surface area contributed by atoms with Crippen LogP contribution < -0.4 is 14.9 Å². The van der Waals surface area contributed by atoms with Gasteiger partial charge in [0.1, 0.15) is 0 Å². The van der Waals surface area contributed by atoms with Crippen LogP contribution >= 0.6 is 22.6 Å². The van der Waals surface area contributed by atoms with Gasteiger partial charge in [-0.3, -0.25) is 0 Å². The lowest BCUT2D eigenvalue weighted by molar-refractivity contribution is -0.361. The third-order valence-electron chi connectivity index (χ3n) is 2.80. The van der Waals surface area contributed by atoms with Gasteiger partial charge in [0.2, 0.25) is 0 Å². The number of rotatable bonds is 7. The van der Waals surface area contributed by atoms with Crippen molar-refractivity contribution in [2.24, 2.45) is 5.10 Å². The molecule has 0 saturated heterocycles. The van der Waals surface area contributed by atoms with Crippen molar-refractivity contribution in [3.8, 4) is 11.5 Å². The van der Waals surface area contributed by atoms with Crippen molar-refractivity contribution in [3.63, 3.8) is 0 Å². The molecule has 1 aromatic rings. The molecule has 0 aliphatic rings. The van der Waals surface area contributed by atoms with Crippen LogP contribution in [0.4, 0.5) is 43.9 Å². The zero-order valence-electron chi connectivity index (χ0n) is 13.4. The lowest BCUT2D eigenvalue weighted by Gasteiger charge is -2.27. The summed E-state index contributed by atoms with van der Waals surface area (Å²) in [6.45, 7) is -1.66. The quantitative estimate of drug-likeness (QED) is 0.174. The van der Waals surface area contributed by atoms with E-state index in [1.54, 1.807) is 0 Å². The van der Waals surface area contributed by atoms with Gasteiger partial charge in [0.15, 0.2) is 18.1 Å². The molecule has 1 N–H and O–H groups in total. The minimum Gasteiger partial charge on any atom is -0.493 e. The molecule has 0 aromatic heterocycles. The fraction of sp³-hybridized carbons (Fsp3) is 0.462. The Labute approximate surface area is 164 Å². The van der Waals surface area contributed by atoms with Crippen molar-refractivity contribution in [2.45, 2.75) is 24.3 Å². The van der Waals surface area contributed by atoms with E-state index in [0.29, 0.717) is 11.6 Å². The van der Waals surface area contributed by atoms with Crippen molar-refractivity contribution < 1.29 is 53.4 Å². The summed E-state index contributed by atoms with van der Waals surface area (Å²) in [4.78, 5) is 0. The number of hydrogen-bond donors (Lipinski definition) is 1. The maximum absolute atomic E-state index is 13.1. The Morgan fingerprint density at radius 2 is 1.61 bits per heavy atom. The predicted octanol–water partition coefficient (Wildman–Crippen LogP) is 4.95. The third-order valence-corrected chi connectivity index (χ3v) is 3.60. The molecular weight excluding hydrogens is 533 g/mol. The number of hydrazone groups is 1. The Bertz CT molecular complexity index is 718. The number of nitrogens with one attached hydrogen (secondary N) is 1. The van der Waals surface area contributed by atoms with Crippen LogP contribution in [0, 0.1) is 3.57 Å². The number of hydrogen-bond acceptors (Lipinski definition) is 4. The second-order valence-electron chi connectivity index (χ2n) is 4.95. The SMILES string of the molecule is COc1cc(/C=N/NC(F)(F)C(F)(F)C(F)(F)F)cc(I)c1OCC(F)(F)F. The maximum Gasteiger partial charge on any atom is 0.462 e. The summed E-state index contributed by atoms with van der Waals surface area (Å²) in [7, 11) is 1.04. The van der Waals surface area contributed by atoms with E-state index >= 15 is 0 Å². The van der Waals surface area contributed by atoms with Gasteiger partial charge in [0.25, 0.3) is 0 Å². The highest BCUT2D eigenvalue weighted by Crippen LogP contribution is 2.45. The Balaban J connectivity index is 3.02. The number of nitrogens with zero attached hydrogens (tertiary/aromatic N) is 1. The third kappa shape index (κ3) is 5.91. The molecule has 0 aliphatic carbocycles. The molecule has 0 spiro atoms. The standard InChI is InChI=1S/C13H9F10IN2O2/c1-27-8-3-6(2-7(24)9(8)28-5-10(14,15)16)4-25-26-13(22,23)11(17,18)12(19,20)21/h2-4,26H,5H2,1H3/b25-4+. The molecule has 0 atom stereocenters. The summed E-state index contributed by atoms with van der Waals surface area (Å²) < 4.78 is 134. The normalized spacial score (nSPS) is 13.7.